The highest BCUT2D eigenvalue weighted by molar-refractivity contribution is 14.1. The van der Waals surface area contributed by atoms with Crippen LogP contribution in [0.3, 0.4) is 0 Å². The third kappa shape index (κ3) is 3.10. The Hall–Kier alpha value is -0.630. The van der Waals surface area contributed by atoms with Crippen molar-refractivity contribution in [2.45, 2.75) is 32.9 Å². The van der Waals surface area contributed by atoms with Gasteiger partial charge in [0.25, 0.3) is 5.91 Å². The summed E-state index contributed by atoms with van der Waals surface area (Å²) in [6, 6.07) is 3.66. The average Bonchev–Trinajstić information content (AvgIpc) is 2.54. The molecule has 2 rings (SSSR count). The van der Waals surface area contributed by atoms with Gasteiger partial charge in [0.05, 0.1) is 6.54 Å². The second-order valence-corrected chi connectivity index (χ2v) is 7.36. The molecule has 19 heavy (non-hydrogen) atoms. The van der Waals surface area contributed by atoms with Crippen LogP contribution >= 0.6 is 38.5 Å². The molecule has 1 aromatic carbocycles. The first-order valence-corrected chi connectivity index (χ1v) is 7.59. The molecule has 0 spiro atoms. The van der Waals surface area contributed by atoms with Crippen molar-refractivity contribution < 1.29 is 14.3 Å². The normalized spacial score (nSPS) is 14.6. The van der Waals surface area contributed by atoms with Crippen molar-refractivity contribution in [1.29, 1.82) is 0 Å². The van der Waals surface area contributed by atoms with Gasteiger partial charge in [0.1, 0.15) is 5.60 Å². The van der Waals surface area contributed by atoms with Gasteiger partial charge in [-0.2, -0.15) is 0 Å². The van der Waals surface area contributed by atoms with E-state index < -0.39 is 11.7 Å². The van der Waals surface area contributed by atoms with Gasteiger partial charge in [0, 0.05) is 13.6 Å². The maximum Gasteiger partial charge on any atom is 0.417 e. The Labute approximate surface area is 133 Å². The summed E-state index contributed by atoms with van der Waals surface area (Å²) in [6.45, 7) is 5.60. The van der Waals surface area contributed by atoms with Crippen LogP contribution in [0.15, 0.2) is 16.6 Å². The molecule has 0 atom stereocenters. The van der Waals surface area contributed by atoms with Crippen LogP contribution in [-0.2, 0) is 11.3 Å². The summed E-state index contributed by atoms with van der Waals surface area (Å²) in [4.78, 5) is 25.4. The maximum atomic E-state index is 12.2. The van der Waals surface area contributed by atoms with Gasteiger partial charge in [-0.15, -0.1) is 0 Å². The summed E-state index contributed by atoms with van der Waals surface area (Å²) in [7, 11) is 0. The summed E-state index contributed by atoms with van der Waals surface area (Å²) >= 11 is 5.52. The van der Waals surface area contributed by atoms with Crippen LogP contribution in [0.5, 0.6) is 0 Å². The van der Waals surface area contributed by atoms with Crippen molar-refractivity contribution in [1.82, 2.24) is 4.90 Å². The van der Waals surface area contributed by atoms with E-state index in [0.717, 1.165) is 18.5 Å². The van der Waals surface area contributed by atoms with Crippen LogP contribution in [0.1, 0.15) is 36.7 Å². The summed E-state index contributed by atoms with van der Waals surface area (Å²) in [5, 5.41) is 0. The molecule has 0 N–H and O–H groups in total. The number of carbonyl (C=O) groups excluding carboxylic acids is 2. The van der Waals surface area contributed by atoms with Crippen molar-refractivity contribution in [3.05, 3.63) is 31.3 Å². The third-order valence-electron chi connectivity index (χ3n) is 2.57. The quantitative estimate of drug-likeness (QED) is 0.577. The van der Waals surface area contributed by atoms with Gasteiger partial charge in [0.2, 0.25) is 0 Å². The summed E-state index contributed by atoms with van der Waals surface area (Å²) in [5.74, 6) is -0.302. The van der Waals surface area contributed by atoms with E-state index >= 15 is 0 Å². The molecule has 1 aliphatic rings. The molecule has 0 radical (unpaired) electrons. The number of benzene rings is 1. The second kappa shape index (κ2) is 5.05. The minimum atomic E-state index is -0.611. The lowest BCUT2D eigenvalue weighted by atomic mass is 10.1. The lowest BCUT2D eigenvalue weighted by Gasteiger charge is -2.23. The van der Waals surface area contributed by atoms with E-state index in [9.17, 15) is 9.59 Å². The van der Waals surface area contributed by atoms with Gasteiger partial charge in [-0.25, -0.2) is 9.69 Å². The lowest BCUT2D eigenvalue weighted by Crippen LogP contribution is -2.36. The zero-order chi connectivity index (χ0) is 14.4. The highest BCUT2D eigenvalue weighted by Crippen LogP contribution is 2.31. The number of carbonyl (C=O) groups is 2. The Kier molecular flexibility index (Phi) is 3.92. The summed E-state index contributed by atoms with van der Waals surface area (Å²) in [6.07, 6.45) is -0.597. The zero-order valence-corrected chi connectivity index (χ0v) is 14.5. The topological polar surface area (TPSA) is 46.6 Å². The Bertz CT molecular complexity index is 566. The molecule has 1 aromatic rings. The van der Waals surface area contributed by atoms with Crippen LogP contribution in [0.4, 0.5) is 4.79 Å². The van der Waals surface area contributed by atoms with Crippen LogP contribution in [0, 0.1) is 3.57 Å². The van der Waals surface area contributed by atoms with Gasteiger partial charge >= 0.3 is 6.09 Å². The van der Waals surface area contributed by atoms with E-state index in [0.29, 0.717) is 5.56 Å². The highest BCUT2D eigenvalue weighted by Gasteiger charge is 2.36. The molecule has 0 unspecified atom stereocenters. The molecule has 0 fully saturated rings. The molecule has 1 heterocycles. The Morgan fingerprint density at radius 1 is 1.42 bits per heavy atom. The smallest absolute Gasteiger partial charge is 0.417 e. The molecule has 0 bridgehead atoms. The van der Waals surface area contributed by atoms with Crippen LogP contribution in [0.25, 0.3) is 0 Å². The first-order chi connectivity index (χ1) is 8.69. The van der Waals surface area contributed by atoms with Crippen LogP contribution in [0.2, 0.25) is 0 Å². The molecule has 4 nitrogen and oxygen atoms in total. The van der Waals surface area contributed by atoms with Gasteiger partial charge in [-0.05, 0) is 61.1 Å². The van der Waals surface area contributed by atoms with E-state index in [-0.39, 0.29) is 12.5 Å². The molecular formula is C13H13BrINO3. The minimum Gasteiger partial charge on any atom is -0.443 e. The molecule has 2 amide bonds. The number of halogens is 2. The molecule has 0 saturated carbocycles. The minimum absolute atomic E-state index is 0.272. The number of hydrogen-bond donors (Lipinski definition) is 0. The lowest BCUT2D eigenvalue weighted by molar-refractivity contribution is 0.0248. The number of nitrogens with zero attached hydrogens (tertiary/aromatic N) is 1. The molecule has 6 heteroatoms. The largest absolute Gasteiger partial charge is 0.443 e. The fraction of sp³-hybridized carbons (Fsp3) is 0.385. The first kappa shape index (κ1) is 14.8. The number of fused-ring (bicyclic) bond motifs is 1. The van der Waals surface area contributed by atoms with Crippen molar-refractivity contribution >= 4 is 50.5 Å². The number of hydrogen-bond acceptors (Lipinski definition) is 3. The molecule has 1 aliphatic heterocycles. The van der Waals surface area contributed by atoms with Gasteiger partial charge < -0.3 is 4.74 Å². The van der Waals surface area contributed by atoms with Gasteiger partial charge in [-0.3, -0.25) is 4.79 Å². The Morgan fingerprint density at radius 3 is 2.63 bits per heavy atom. The fourth-order valence-corrected chi connectivity index (χ4v) is 3.48. The SMILES string of the molecule is CC(C)(C)OC(=O)N1Cc2c(I)cc(Br)cc2C1=O. The van der Waals surface area contributed by atoms with Crippen molar-refractivity contribution in [2.24, 2.45) is 0 Å². The van der Waals surface area contributed by atoms with Crippen LogP contribution < -0.4 is 0 Å². The number of imide groups is 1. The number of rotatable bonds is 0. The Morgan fingerprint density at radius 2 is 2.05 bits per heavy atom. The molecule has 0 aromatic heterocycles. The standard InChI is InChI=1S/C13H13BrINO3/c1-13(2,3)19-12(18)16-6-9-8(11(16)17)4-7(14)5-10(9)15/h4-5H,6H2,1-3H3. The van der Waals surface area contributed by atoms with Gasteiger partial charge in [0.15, 0.2) is 0 Å². The highest BCUT2D eigenvalue weighted by atomic mass is 127. The maximum absolute atomic E-state index is 12.2. The van der Waals surface area contributed by atoms with E-state index in [1.54, 1.807) is 26.8 Å². The van der Waals surface area contributed by atoms with E-state index in [1.807, 2.05) is 6.07 Å². The second-order valence-electron chi connectivity index (χ2n) is 5.29. The van der Waals surface area contributed by atoms with Crippen molar-refractivity contribution in [3.63, 3.8) is 0 Å². The predicted octanol–water partition coefficient (Wildman–Crippen LogP) is 3.94. The predicted molar refractivity (Wildman–Crippen MR) is 83.0 cm³/mol. The third-order valence-corrected chi connectivity index (χ3v) is 3.99. The zero-order valence-electron chi connectivity index (χ0n) is 10.8. The first-order valence-electron chi connectivity index (χ1n) is 5.72. The van der Waals surface area contributed by atoms with E-state index in [2.05, 4.69) is 38.5 Å². The van der Waals surface area contributed by atoms with Crippen molar-refractivity contribution in [3.8, 4) is 0 Å². The van der Waals surface area contributed by atoms with Crippen LogP contribution in [-0.4, -0.2) is 22.5 Å². The monoisotopic (exact) mass is 437 g/mol. The molecule has 102 valence electrons. The van der Waals surface area contributed by atoms with Gasteiger partial charge in [-0.1, -0.05) is 15.9 Å². The summed E-state index contributed by atoms with van der Waals surface area (Å²) in [5.41, 5.74) is 0.823. The number of amides is 2. The Balaban J connectivity index is 2.29. The van der Waals surface area contributed by atoms with E-state index in [1.165, 1.54) is 0 Å². The molecule has 0 aliphatic carbocycles. The molecular weight excluding hydrogens is 425 g/mol. The summed E-state index contributed by atoms with van der Waals surface area (Å²) < 4.78 is 7.03. The average molecular weight is 438 g/mol. The van der Waals surface area contributed by atoms with E-state index in [4.69, 9.17) is 4.74 Å². The number of ether oxygens (including phenoxy) is 1. The molecule has 0 saturated heterocycles. The fourth-order valence-electron chi connectivity index (χ4n) is 1.79. The van der Waals surface area contributed by atoms with Crippen molar-refractivity contribution in [2.75, 3.05) is 0 Å².